The van der Waals surface area contributed by atoms with Crippen molar-refractivity contribution in [1.29, 1.82) is 0 Å². The second-order valence-electron chi connectivity index (χ2n) is 9.60. The van der Waals surface area contributed by atoms with E-state index < -0.39 is 0 Å². The maximum absolute atomic E-state index is 13.4. The molecule has 1 aromatic carbocycles. The van der Waals surface area contributed by atoms with Crippen LogP contribution in [0.5, 0.6) is 0 Å². The normalized spacial score (nSPS) is 17.4. The summed E-state index contributed by atoms with van der Waals surface area (Å²) >= 11 is 0. The third kappa shape index (κ3) is 2.39. The van der Waals surface area contributed by atoms with E-state index in [1.807, 2.05) is 31.2 Å². The molecule has 2 saturated carbocycles. The molecule has 0 saturated heterocycles. The second kappa shape index (κ2) is 6.34. The molecule has 0 amide bonds. The number of fused-ring (bicyclic) bond motifs is 4. The minimum absolute atomic E-state index is 0.0732. The van der Waals surface area contributed by atoms with Crippen LogP contribution in [-0.2, 0) is 14.1 Å². The van der Waals surface area contributed by atoms with Crippen molar-refractivity contribution in [2.75, 3.05) is 0 Å². The molecule has 7 rings (SSSR count). The van der Waals surface area contributed by atoms with Crippen LogP contribution in [0, 0.1) is 0 Å². The van der Waals surface area contributed by atoms with Gasteiger partial charge in [-0.1, -0.05) is 18.9 Å². The van der Waals surface area contributed by atoms with Gasteiger partial charge in [0.25, 0.3) is 0 Å². The highest BCUT2D eigenvalue weighted by Gasteiger charge is 2.32. The van der Waals surface area contributed by atoms with Crippen molar-refractivity contribution in [2.24, 2.45) is 14.1 Å². The molecule has 5 aromatic rings. The number of hydrogen-bond acceptors (Lipinski definition) is 3. The van der Waals surface area contributed by atoms with Crippen LogP contribution in [0.1, 0.15) is 56.2 Å². The monoisotopic (exact) mass is 426 g/mol. The number of imidazole rings is 1. The van der Waals surface area contributed by atoms with E-state index in [9.17, 15) is 4.79 Å². The predicted octanol–water partition coefficient (Wildman–Crippen LogP) is 4.76. The third-order valence-electron chi connectivity index (χ3n) is 7.61. The van der Waals surface area contributed by atoms with Crippen molar-refractivity contribution >= 4 is 33.0 Å². The predicted molar refractivity (Wildman–Crippen MR) is 126 cm³/mol. The van der Waals surface area contributed by atoms with Gasteiger partial charge in [0.15, 0.2) is 0 Å². The summed E-state index contributed by atoms with van der Waals surface area (Å²) in [5.74, 6) is 0.536. The van der Waals surface area contributed by atoms with Crippen molar-refractivity contribution in [3.63, 3.8) is 0 Å². The van der Waals surface area contributed by atoms with Crippen molar-refractivity contribution < 1.29 is 0 Å². The van der Waals surface area contributed by atoms with Crippen LogP contribution in [0.3, 0.4) is 0 Å². The van der Waals surface area contributed by atoms with Gasteiger partial charge in [0.2, 0.25) is 0 Å². The Kier molecular flexibility index (Phi) is 3.62. The molecule has 2 aliphatic carbocycles. The van der Waals surface area contributed by atoms with E-state index in [1.165, 1.54) is 42.5 Å². The van der Waals surface area contributed by atoms with Crippen LogP contribution in [0.2, 0.25) is 0 Å². The Morgan fingerprint density at radius 1 is 1.03 bits per heavy atom. The summed E-state index contributed by atoms with van der Waals surface area (Å²) in [5, 5.41) is 6.65. The van der Waals surface area contributed by atoms with E-state index in [4.69, 9.17) is 4.98 Å². The van der Waals surface area contributed by atoms with E-state index in [2.05, 4.69) is 32.8 Å². The third-order valence-corrected chi connectivity index (χ3v) is 7.61. The number of benzene rings is 1. The van der Waals surface area contributed by atoms with Crippen LogP contribution >= 0.6 is 0 Å². The maximum atomic E-state index is 13.4. The van der Waals surface area contributed by atoms with Crippen LogP contribution < -0.4 is 5.69 Å². The fourth-order valence-electron chi connectivity index (χ4n) is 5.80. The SMILES string of the molecule is Cn1ncc2cc(-c3c(C4CC4)[nH]c4ncc5c(c34)n(C3CCCC3)c(=O)n5C)ccc21. The molecule has 0 atom stereocenters. The summed E-state index contributed by atoms with van der Waals surface area (Å²) in [6.45, 7) is 0. The molecule has 32 heavy (non-hydrogen) atoms. The van der Waals surface area contributed by atoms with Gasteiger partial charge >= 0.3 is 5.69 Å². The van der Waals surface area contributed by atoms with Gasteiger partial charge in [0.1, 0.15) is 5.65 Å². The minimum atomic E-state index is 0.0732. The molecule has 2 fully saturated rings. The van der Waals surface area contributed by atoms with E-state index >= 15 is 0 Å². The Hall–Kier alpha value is -3.35. The Bertz CT molecular complexity index is 1590. The number of aromatic nitrogens is 6. The quantitative estimate of drug-likeness (QED) is 0.452. The van der Waals surface area contributed by atoms with Gasteiger partial charge in [-0.25, -0.2) is 9.78 Å². The van der Waals surface area contributed by atoms with Crippen molar-refractivity contribution in [1.82, 2.24) is 28.9 Å². The van der Waals surface area contributed by atoms with Gasteiger partial charge in [0, 0.05) is 36.8 Å². The number of nitrogens with one attached hydrogen (secondary N) is 1. The number of H-pyrrole nitrogens is 1. The Balaban J connectivity index is 1.62. The average Bonchev–Trinajstić information content (AvgIpc) is 3.11. The number of rotatable bonds is 3. The van der Waals surface area contributed by atoms with Crippen LogP contribution in [-0.4, -0.2) is 28.9 Å². The Morgan fingerprint density at radius 3 is 2.62 bits per heavy atom. The van der Waals surface area contributed by atoms with Crippen molar-refractivity contribution in [2.45, 2.75) is 50.5 Å². The van der Waals surface area contributed by atoms with Gasteiger partial charge in [-0.2, -0.15) is 5.10 Å². The summed E-state index contributed by atoms with van der Waals surface area (Å²) < 4.78 is 5.76. The van der Waals surface area contributed by atoms with Gasteiger partial charge in [0.05, 0.1) is 34.3 Å². The molecular weight excluding hydrogens is 400 g/mol. The highest BCUT2D eigenvalue weighted by atomic mass is 16.1. The molecule has 0 aliphatic heterocycles. The lowest BCUT2D eigenvalue weighted by Crippen LogP contribution is -2.24. The summed E-state index contributed by atoms with van der Waals surface area (Å²) in [6, 6.07) is 6.84. The molecule has 0 unspecified atom stereocenters. The lowest BCUT2D eigenvalue weighted by Gasteiger charge is -2.13. The summed E-state index contributed by atoms with van der Waals surface area (Å²) in [7, 11) is 3.85. The van der Waals surface area contributed by atoms with Crippen LogP contribution in [0.25, 0.3) is 44.1 Å². The summed E-state index contributed by atoms with van der Waals surface area (Å²) in [4.78, 5) is 21.8. The molecular formula is C25H26N6O. The average molecular weight is 427 g/mol. The van der Waals surface area contributed by atoms with Crippen molar-refractivity contribution in [3.05, 3.63) is 46.8 Å². The number of aromatic amines is 1. The number of hydrogen-bond donors (Lipinski definition) is 1. The van der Waals surface area contributed by atoms with Gasteiger partial charge in [-0.3, -0.25) is 13.8 Å². The molecule has 7 nitrogen and oxygen atoms in total. The lowest BCUT2D eigenvalue weighted by molar-refractivity contribution is 0.510. The number of pyridine rings is 1. The first-order valence-corrected chi connectivity index (χ1v) is 11.7. The number of nitrogens with zero attached hydrogens (tertiary/aromatic N) is 5. The zero-order valence-electron chi connectivity index (χ0n) is 18.4. The molecule has 4 heterocycles. The largest absolute Gasteiger partial charge is 0.342 e. The standard InChI is InChI=1S/C25H26N6O/c1-29-19-13-26-24-21(23(19)31(25(29)32)17-5-3-4-6-17)20(22(28-24)14-7-8-14)15-9-10-18-16(11-15)12-27-30(18)2/h9-14,17H,3-8H2,1-2H3,(H,26,28). The van der Waals surface area contributed by atoms with Crippen LogP contribution in [0.4, 0.5) is 0 Å². The topological polar surface area (TPSA) is 73.4 Å². The Labute approximate surface area is 184 Å². The van der Waals surface area contributed by atoms with E-state index in [-0.39, 0.29) is 11.7 Å². The molecule has 162 valence electrons. The molecule has 1 N–H and O–H groups in total. The second-order valence-corrected chi connectivity index (χ2v) is 9.60. The first-order valence-electron chi connectivity index (χ1n) is 11.7. The van der Waals surface area contributed by atoms with E-state index in [0.717, 1.165) is 45.8 Å². The summed E-state index contributed by atoms with van der Waals surface area (Å²) in [5.41, 5.74) is 7.68. The molecule has 0 bridgehead atoms. The first kappa shape index (κ1) is 18.2. The van der Waals surface area contributed by atoms with Gasteiger partial charge in [-0.15, -0.1) is 0 Å². The molecule has 7 heteroatoms. The fourth-order valence-corrected chi connectivity index (χ4v) is 5.80. The molecule has 4 aromatic heterocycles. The molecule has 0 spiro atoms. The zero-order valence-corrected chi connectivity index (χ0v) is 18.4. The zero-order chi connectivity index (χ0) is 21.6. The lowest BCUT2D eigenvalue weighted by atomic mass is 9.98. The van der Waals surface area contributed by atoms with Crippen molar-refractivity contribution in [3.8, 4) is 11.1 Å². The minimum Gasteiger partial charge on any atom is -0.342 e. The maximum Gasteiger partial charge on any atom is 0.329 e. The van der Waals surface area contributed by atoms with Gasteiger partial charge in [-0.05, 0) is 49.3 Å². The van der Waals surface area contributed by atoms with Gasteiger partial charge < -0.3 is 4.98 Å². The smallest absolute Gasteiger partial charge is 0.329 e. The Morgan fingerprint density at radius 2 is 1.84 bits per heavy atom. The highest BCUT2D eigenvalue weighted by Crippen LogP contribution is 2.48. The van der Waals surface area contributed by atoms with E-state index in [0.29, 0.717) is 5.92 Å². The molecule has 2 aliphatic rings. The fraction of sp³-hybridized carbons (Fsp3) is 0.400. The van der Waals surface area contributed by atoms with E-state index in [1.54, 1.807) is 4.57 Å². The summed E-state index contributed by atoms with van der Waals surface area (Å²) in [6.07, 6.45) is 10.7. The van der Waals surface area contributed by atoms with Crippen LogP contribution in [0.15, 0.2) is 35.4 Å². The highest BCUT2D eigenvalue weighted by molar-refractivity contribution is 6.11. The molecule has 0 radical (unpaired) electrons. The first-order chi connectivity index (χ1) is 15.6. The number of aryl methyl sites for hydroxylation is 2.